The molecule has 0 radical (unpaired) electrons. The van der Waals surface area contributed by atoms with Gasteiger partial charge in [-0.05, 0) is 23.8 Å². The second-order valence-electron chi connectivity index (χ2n) is 3.70. The van der Waals surface area contributed by atoms with Crippen molar-refractivity contribution in [3.63, 3.8) is 0 Å². The van der Waals surface area contributed by atoms with Crippen LogP contribution in [0, 0.1) is 5.92 Å². The van der Waals surface area contributed by atoms with E-state index in [4.69, 9.17) is 0 Å². The molecule has 0 nitrogen and oxygen atoms in total. The van der Waals surface area contributed by atoms with E-state index in [0.717, 1.165) is 6.42 Å². The van der Waals surface area contributed by atoms with Crippen LogP contribution in [-0.2, 0) is 0 Å². The summed E-state index contributed by atoms with van der Waals surface area (Å²) in [5.41, 5.74) is 1.43. The van der Waals surface area contributed by atoms with E-state index < -0.39 is 0 Å². The number of allylic oxidation sites excluding steroid dienone is 1. The highest BCUT2D eigenvalue weighted by molar-refractivity contribution is 5.19. The third-order valence-corrected chi connectivity index (χ3v) is 2.72. The molecular formula is C13H18. The summed E-state index contributed by atoms with van der Waals surface area (Å²) in [4.78, 5) is 0. The summed E-state index contributed by atoms with van der Waals surface area (Å²) in [6.07, 6.45) is 3.10. The summed E-state index contributed by atoms with van der Waals surface area (Å²) < 4.78 is 0. The molecule has 1 rings (SSSR count). The Morgan fingerprint density at radius 2 is 1.85 bits per heavy atom. The van der Waals surface area contributed by atoms with E-state index in [9.17, 15) is 0 Å². The van der Waals surface area contributed by atoms with Gasteiger partial charge in [0.05, 0.1) is 0 Å². The number of hydrogen-bond acceptors (Lipinski definition) is 0. The highest BCUT2D eigenvalue weighted by Gasteiger charge is 2.11. The molecule has 70 valence electrons. The molecule has 0 unspecified atom stereocenters. The van der Waals surface area contributed by atoms with Gasteiger partial charge in [-0.15, -0.1) is 6.58 Å². The van der Waals surface area contributed by atoms with Crippen LogP contribution in [-0.4, -0.2) is 0 Å². The molecule has 0 amide bonds. The van der Waals surface area contributed by atoms with Gasteiger partial charge >= 0.3 is 0 Å². The summed E-state index contributed by atoms with van der Waals surface area (Å²) in [6, 6.07) is 10.7. The molecule has 1 aromatic carbocycles. The smallest absolute Gasteiger partial charge is 0.0162 e. The Morgan fingerprint density at radius 3 is 2.38 bits per heavy atom. The maximum atomic E-state index is 3.78. The van der Waals surface area contributed by atoms with Gasteiger partial charge < -0.3 is 0 Å². The van der Waals surface area contributed by atoms with Crippen molar-refractivity contribution in [1.29, 1.82) is 0 Å². The third-order valence-electron chi connectivity index (χ3n) is 2.72. The van der Waals surface area contributed by atoms with Crippen LogP contribution in [0.25, 0.3) is 0 Å². The Morgan fingerprint density at radius 1 is 1.23 bits per heavy atom. The molecule has 0 aliphatic rings. The topological polar surface area (TPSA) is 0 Å². The van der Waals surface area contributed by atoms with Crippen molar-refractivity contribution in [2.45, 2.75) is 26.2 Å². The highest BCUT2D eigenvalue weighted by Crippen LogP contribution is 2.25. The van der Waals surface area contributed by atoms with E-state index in [-0.39, 0.29) is 0 Å². The van der Waals surface area contributed by atoms with Crippen LogP contribution in [0.15, 0.2) is 43.0 Å². The number of rotatable bonds is 4. The molecule has 13 heavy (non-hydrogen) atoms. The van der Waals surface area contributed by atoms with Crippen molar-refractivity contribution in [3.05, 3.63) is 48.6 Å². The predicted molar refractivity (Wildman–Crippen MR) is 58.8 cm³/mol. The third kappa shape index (κ3) is 2.73. The predicted octanol–water partition coefficient (Wildman–Crippen LogP) is 4.00. The molecule has 0 saturated heterocycles. The standard InChI is InChI=1S/C13H18/c1-4-8-11(2)12(3)13-9-6-5-7-10-13/h4-7,9-12H,1,8H2,2-3H3/t11-,12+/m1/s1. The minimum absolute atomic E-state index is 0.624. The molecule has 0 spiro atoms. The lowest BCUT2D eigenvalue weighted by atomic mass is 9.87. The summed E-state index contributed by atoms with van der Waals surface area (Å²) in [7, 11) is 0. The summed E-state index contributed by atoms with van der Waals surface area (Å²) in [5.74, 6) is 1.30. The van der Waals surface area contributed by atoms with Gasteiger partial charge in [0.1, 0.15) is 0 Å². The minimum Gasteiger partial charge on any atom is -0.103 e. The molecule has 0 bridgehead atoms. The van der Waals surface area contributed by atoms with Gasteiger partial charge in [-0.3, -0.25) is 0 Å². The van der Waals surface area contributed by atoms with Crippen molar-refractivity contribution in [1.82, 2.24) is 0 Å². The molecule has 1 aromatic rings. The van der Waals surface area contributed by atoms with E-state index in [1.807, 2.05) is 6.08 Å². The first-order valence-corrected chi connectivity index (χ1v) is 4.91. The van der Waals surface area contributed by atoms with Gasteiger partial charge in [-0.25, -0.2) is 0 Å². The fourth-order valence-corrected chi connectivity index (χ4v) is 1.55. The second-order valence-corrected chi connectivity index (χ2v) is 3.70. The average molecular weight is 174 g/mol. The van der Waals surface area contributed by atoms with Crippen LogP contribution in [0.2, 0.25) is 0 Å². The highest BCUT2D eigenvalue weighted by atomic mass is 14.2. The molecule has 0 fully saturated rings. The van der Waals surface area contributed by atoms with Crippen LogP contribution in [0.4, 0.5) is 0 Å². The monoisotopic (exact) mass is 174 g/mol. The van der Waals surface area contributed by atoms with Crippen molar-refractivity contribution < 1.29 is 0 Å². The fourth-order valence-electron chi connectivity index (χ4n) is 1.55. The maximum Gasteiger partial charge on any atom is -0.0162 e. The molecule has 0 heterocycles. The molecule has 0 aliphatic carbocycles. The van der Waals surface area contributed by atoms with Gasteiger partial charge in [0.2, 0.25) is 0 Å². The van der Waals surface area contributed by atoms with Crippen molar-refractivity contribution in [2.24, 2.45) is 5.92 Å². The van der Waals surface area contributed by atoms with E-state index in [1.165, 1.54) is 5.56 Å². The number of hydrogen-bond donors (Lipinski definition) is 0. The maximum absolute atomic E-state index is 3.78. The molecule has 0 aliphatic heterocycles. The zero-order valence-electron chi connectivity index (χ0n) is 8.53. The molecule has 0 saturated carbocycles. The summed E-state index contributed by atoms with van der Waals surface area (Å²) in [5, 5.41) is 0. The van der Waals surface area contributed by atoms with Crippen molar-refractivity contribution in [2.75, 3.05) is 0 Å². The Bertz CT molecular complexity index is 248. The molecule has 2 atom stereocenters. The van der Waals surface area contributed by atoms with Crippen LogP contribution in [0.1, 0.15) is 31.7 Å². The van der Waals surface area contributed by atoms with E-state index in [0.29, 0.717) is 11.8 Å². The van der Waals surface area contributed by atoms with Gasteiger partial charge in [0.25, 0.3) is 0 Å². The Labute approximate surface area is 81.3 Å². The lowest BCUT2D eigenvalue weighted by Gasteiger charge is -2.18. The zero-order valence-corrected chi connectivity index (χ0v) is 8.53. The summed E-state index contributed by atoms with van der Waals surface area (Å²) >= 11 is 0. The molecular weight excluding hydrogens is 156 g/mol. The first-order chi connectivity index (χ1) is 6.25. The van der Waals surface area contributed by atoms with Crippen LogP contribution in [0.5, 0.6) is 0 Å². The lowest BCUT2D eigenvalue weighted by molar-refractivity contribution is 0.494. The SMILES string of the molecule is C=CC[C@@H](C)[C@H](C)c1ccccc1. The summed E-state index contributed by atoms with van der Waals surface area (Å²) in [6.45, 7) is 8.34. The Kier molecular flexibility index (Phi) is 3.75. The van der Waals surface area contributed by atoms with E-state index >= 15 is 0 Å². The number of benzene rings is 1. The van der Waals surface area contributed by atoms with Crippen LogP contribution in [0.3, 0.4) is 0 Å². The first kappa shape index (κ1) is 10.0. The second kappa shape index (κ2) is 4.86. The Balaban J connectivity index is 2.67. The first-order valence-electron chi connectivity index (χ1n) is 4.91. The molecule has 0 heteroatoms. The Hall–Kier alpha value is -1.04. The van der Waals surface area contributed by atoms with Crippen LogP contribution < -0.4 is 0 Å². The normalized spacial score (nSPS) is 14.9. The van der Waals surface area contributed by atoms with Crippen molar-refractivity contribution >= 4 is 0 Å². The largest absolute Gasteiger partial charge is 0.103 e. The average Bonchev–Trinajstić information content (AvgIpc) is 2.18. The van der Waals surface area contributed by atoms with E-state index in [1.54, 1.807) is 0 Å². The van der Waals surface area contributed by atoms with Gasteiger partial charge in [0.15, 0.2) is 0 Å². The van der Waals surface area contributed by atoms with E-state index in [2.05, 4.69) is 50.8 Å². The van der Waals surface area contributed by atoms with Crippen molar-refractivity contribution in [3.8, 4) is 0 Å². The fraction of sp³-hybridized carbons (Fsp3) is 0.385. The molecule has 0 N–H and O–H groups in total. The zero-order chi connectivity index (χ0) is 9.68. The van der Waals surface area contributed by atoms with Gasteiger partial charge in [-0.1, -0.05) is 50.3 Å². The molecule has 0 aromatic heterocycles. The quantitative estimate of drug-likeness (QED) is 0.605. The minimum atomic E-state index is 0.624. The van der Waals surface area contributed by atoms with Crippen LogP contribution >= 0.6 is 0 Å². The van der Waals surface area contributed by atoms with Gasteiger partial charge in [-0.2, -0.15) is 0 Å². The lowest BCUT2D eigenvalue weighted by Crippen LogP contribution is -2.04. The van der Waals surface area contributed by atoms with Gasteiger partial charge in [0, 0.05) is 0 Å².